The lowest BCUT2D eigenvalue weighted by atomic mass is 10.0. The van der Waals surface area contributed by atoms with E-state index in [0.29, 0.717) is 16.8 Å². The van der Waals surface area contributed by atoms with Crippen LogP contribution >= 0.6 is 0 Å². The summed E-state index contributed by atoms with van der Waals surface area (Å²) in [6, 6.07) is 5.47. The molecule has 4 nitrogen and oxygen atoms in total. The van der Waals surface area contributed by atoms with Gasteiger partial charge in [-0.15, -0.1) is 0 Å². The number of esters is 1. The summed E-state index contributed by atoms with van der Waals surface area (Å²) in [6.07, 6.45) is 0.0747. The van der Waals surface area contributed by atoms with E-state index in [4.69, 9.17) is 11.0 Å². The molecule has 0 aliphatic rings. The monoisotopic (exact) mass is 204 g/mol. The minimum absolute atomic E-state index is 0.0747. The van der Waals surface area contributed by atoms with E-state index < -0.39 is 0 Å². The fourth-order valence-corrected chi connectivity index (χ4v) is 1.39. The fraction of sp³-hybridized carbons (Fsp3) is 0.273. The third kappa shape index (κ3) is 2.47. The normalized spacial score (nSPS) is 9.40. The number of nitriles is 1. The Morgan fingerprint density at radius 1 is 1.60 bits per heavy atom. The predicted octanol–water partition coefficient (Wildman–Crippen LogP) is 1.16. The van der Waals surface area contributed by atoms with Crippen LogP contribution in [0.4, 0.5) is 5.69 Å². The van der Waals surface area contributed by atoms with Gasteiger partial charge in [-0.2, -0.15) is 5.26 Å². The summed E-state index contributed by atoms with van der Waals surface area (Å²) < 4.78 is 4.54. The second kappa shape index (κ2) is 4.47. The first kappa shape index (κ1) is 11.1. The van der Waals surface area contributed by atoms with Crippen LogP contribution in [0.5, 0.6) is 0 Å². The Kier molecular flexibility index (Phi) is 3.29. The summed E-state index contributed by atoms with van der Waals surface area (Å²) in [7, 11) is 1.31. The van der Waals surface area contributed by atoms with Gasteiger partial charge in [0, 0.05) is 5.69 Å². The molecule has 0 aliphatic heterocycles. The van der Waals surface area contributed by atoms with Crippen LogP contribution in [0.2, 0.25) is 0 Å². The molecular formula is C11H12N2O2. The van der Waals surface area contributed by atoms with Gasteiger partial charge in [0.25, 0.3) is 0 Å². The Labute approximate surface area is 88.3 Å². The first-order valence-corrected chi connectivity index (χ1v) is 4.44. The summed E-state index contributed by atoms with van der Waals surface area (Å²) in [4.78, 5) is 11.1. The number of hydrogen-bond donors (Lipinski definition) is 1. The van der Waals surface area contributed by atoms with Gasteiger partial charge in [-0.1, -0.05) is 6.07 Å². The van der Waals surface area contributed by atoms with Crippen molar-refractivity contribution < 1.29 is 9.53 Å². The molecule has 0 saturated heterocycles. The maximum absolute atomic E-state index is 11.1. The van der Waals surface area contributed by atoms with Crippen molar-refractivity contribution in [1.82, 2.24) is 0 Å². The molecule has 0 heterocycles. The Morgan fingerprint density at radius 3 is 2.80 bits per heavy atom. The van der Waals surface area contributed by atoms with Gasteiger partial charge in [0.2, 0.25) is 0 Å². The number of carbonyl (C=O) groups excluding carboxylic acids is 1. The van der Waals surface area contributed by atoms with Crippen molar-refractivity contribution in [2.24, 2.45) is 0 Å². The maximum Gasteiger partial charge on any atom is 0.310 e. The first-order valence-electron chi connectivity index (χ1n) is 4.44. The smallest absolute Gasteiger partial charge is 0.310 e. The van der Waals surface area contributed by atoms with Gasteiger partial charge >= 0.3 is 5.97 Å². The van der Waals surface area contributed by atoms with Gasteiger partial charge in [0.15, 0.2) is 0 Å². The molecule has 0 radical (unpaired) electrons. The Hall–Kier alpha value is -2.02. The average molecular weight is 204 g/mol. The third-order valence-corrected chi connectivity index (χ3v) is 2.07. The van der Waals surface area contributed by atoms with Crippen LogP contribution in [-0.4, -0.2) is 13.1 Å². The Morgan fingerprint density at radius 2 is 2.27 bits per heavy atom. The van der Waals surface area contributed by atoms with Crippen molar-refractivity contribution in [1.29, 1.82) is 5.26 Å². The van der Waals surface area contributed by atoms with E-state index in [2.05, 4.69) is 4.74 Å². The molecule has 0 spiro atoms. The molecule has 2 N–H and O–H groups in total. The van der Waals surface area contributed by atoms with Crippen LogP contribution in [0.3, 0.4) is 0 Å². The van der Waals surface area contributed by atoms with Crippen molar-refractivity contribution in [3.63, 3.8) is 0 Å². The van der Waals surface area contributed by atoms with Crippen molar-refractivity contribution in [2.75, 3.05) is 12.8 Å². The highest BCUT2D eigenvalue weighted by Gasteiger charge is 2.11. The van der Waals surface area contributed by atoms with Gasteiger partial charge in [-0.25, -0.2) is 0 Å². The molecular weight excluding hydrogens is 192 g/mol. The topological polar surface area (TPSA) is 76.1 Å². The first-order chi connectivity index (χ1) is 7.08. The average Bonchev–Trinajstić information content (AvgIpc) is 2.17. The predicted molar refractivity (Wildman–Crippen MR) is 56.0 cm³/mol. The second-order valence-electron chi connectivity index (χ2n) is 3.25. The summed E-state index contributed by atoms with van der Waals surface area (Å²) >= 11 is 0. The summed E-state index contributed by atoms with van der Waals surface area (Å²) in [5, 5.41) is 8.89. The molecule has 78 valence electrons. The van der Waals surface area contributed by atoms with Crippen LogP contribution in [0.25, 0.3) is 0 Å². The molecule has 1 rings (SSSR count). The Bertz CT molecular complexity index is 433. The van der Waals surface area contributed by atoms with E-state index >= 15 is 0 Å². The number of methoxy groups -OCH3 is 1. The molecule has 0 aliphatic carbocycles. The largest absolute Gasteiger partial charge is 0.469 e. The van der Waals surface area contributed by atoms with E-state index in [1.54, 1.807) is 12.1 Å². The quantitative estimate of drug-likeness (QED) is 0.579. The SMILES string of the molecule is COC(=O)Cc1cc(C)cc(N)c1C#N. The van der Waals surface area contributed by atoms with Crippen LogP contribution in [0, 0.1) is 18.3 Å². The van der Waals surface area contributed by atoms with Gasteiger partial charge in [-0.3, -0.25) is 4.79 Å². The molecule has 0 aromatic heterocycles. The number of carbonyl (C=O) groups is 1. The summed E-state index contributed by atoms with van der Waals surface area (Å²) in [6.45, 7) is 1.86. The van der Waals surface area contributed by atoms with Crippen molar-refractivity contribution in [3.8, 4) is 6.07 Å². The summed E-state index contributed by atoms with van der Waals surface area (Å²) in [5.41, 5.74) is 7.96. The van der Waals surface area contributed by atoms with Crippen LogP contribution in [-0.2, 0) is 16.0 Å². The van der Waals surface area contributed by atoms with E-state index in [0.717, 1.165) is 5.56 Å². The van der Waals surface area contributed by atoms with Crippen molar-refractivity contribution in [2.45, 2.75) is 13.3 Å². The van der Waals surface area contributed by atoms with Gasteiger partial charge in [0.05, 0.1) is 19.1 Å². The standard InChI is InChI=1S/C11H12N2O2/c1-7-3-8(5-11(14)15-2)9(6-12)10(13)4-7/h3-4H,5,13H2,1-2H3. The Balaban J connectivity index is 3.16. The van der Waals surface area contributed by atoms with E-state index in [9.17, 15) is 4.79 Å². The molecule has 0 unspecified atom stereocenters. The van der Waals surface area contributed by atoms with Crippen LogP contribution in [0.15, 0.2) is 12.1 Å². The number of nitrogens with zero attached hydrogens (tertiary/aromatic N) is 1. The second-order valence-corrected chi connectivity index (χ2v) is 3.25. The lowest BCUT2D eigenvalue weighted by Gasteiger charge is -2.07. The number of rotatable bonds is 2. The van der Waals surface area contributed by atoms with E-state index in [1.807, 2.05) is 13.0 Å². The van der Waals surface area contributed by atoms with Crippen molar-refractivity contribution >= 4 is 11.7 Å². The minimum atomic E-state index is -0.378. The molecule has 0 amide bonds. The van der Waals surface area contributed by atoms with E-state index in [-0.39, 0.29) is 12.4 Å². The lowest BCUT2D eigenvalue weighted by Crippen LogP contribution is -2.07. The zero-order valence-corrected chi connectivity index (χ0v) is 8.70. The number of nitrogens with two attached hydrogens (primary N) is 1. The van der Waals surface area contributed by atoms with Crippen LogP contribution in [0.1, 0.15) is 16.7 Å². The molecule has 4 heteroatoms. The zero-order chi connectivity index (χ0) is 11.4. The number of aryl methyl sites for hydroxylation is 1. The van der Waals surface area contributed by atoms with Gasteiger partial charge in [0.1, 0.15) is 6.07 Å². The zero-order valence-electron chi connectivity index (χ0n) is 8.70. The highest BCUT2D eigenvalue weighted by molar-refractivity contribution is 5.75. The molecule has 0 saturated carbocycles. The number of nitrogen functional groups attached to an aromatic ring is 1. The lowest BCUT2D eigenvalue weighted by molar-refractivity contribution is -0.139. The number of benzene rings is 1. The van der Waals surface area contributed by atoms with Gasteiger partial charge < -0.3 is 10.5 Å². The molecule has 1 aromatic carbocycles. The minimum Gasteiger partial charge on any atom is -0.469 e. The van der Waals surface area contributed by atoms with Gasteiger partial charge in [-0.05, 0) is 24.1 Å². The number of ether oxygens (including phenoxy) is 1. The van der Waals surface area contributed by atoms with Crippen LogP contribution < -0.4 is 5.73 Å². The highest BCUT2D eigenvalue weighted by atomic mass is 16.5. The van der Waals surface area contributed by atoms with E-state index in [1.165, 1.54) is 7.11 Å². The molecule has 0 atom stereocenters. The highest BCUT2D eigenvalue weighted by Crippen LogP contribution is 2.19. The molecule has 15 heavy (non-hydrogen) atoms. The fourth-order valence-electron chi connectivity index (χ4n) is 1.39. The molecule has 1 aromatic rings. The number of anilines is 1. The third-order valence-electron chi connectivity index (χ3n) is 2.07. The van der Waals surface area contributed by atoms with Crippen molar-refractivity contribution in [3.05, 3.63) is 28.8 Å². The summed E-state index contributed by atoms with van der Waals surface area (Å²) in [5.74, 6) is -0.378. The number of hydrogen-bond acceptors (Lipinski definition) is 4. The maximum atomic E-state index is 11.1. The molecule has 0 fully saturated rings. The molecule has 0 bridgehead atoms.